The van der Waals surface area contributed by atoms with Gasteiger partial charge in [-0.05, 0) is 45.2 Å². The van der Waals surface area contributed by atoms with Gasteiger partial charge in [-0.2, -0.15) is 0 Å². The molecule has 0 rings (SSSR count). The molecule has 4 heteroatoms. The maximum Gasteiger partial charge on any atom is 0.320 e. The predicted molar refractivity (Wildman–Crippen MR) is 69.0 cm³/mol. The van der Waals surface area contributed by atoms with Crippen LogP contribution in [0, 0.1) is 5.41 Å². The fraction of sp³-hybridized carbons (Fsp3) is 0.846. The molecule has 0 saturated heterocycles. The molecular weight excluding hydrogens is 240 g/mol. The van der Waals surface area contributed by atoms with Crippen LogP contribution in [-0.4, -0.2) is 17.3 Å². The number of carbonyl (C=O) groups excluding carboxylic acids is 2. The lowest BCUT2D eigenvalue weighted by Gasteiger charge is -2.21. The standard InChI is InChI=1S/C13H23ClO3/c1-5-6-7-8-9-10(2)17-12(16)13(3,4)11(14)15/h10H,5-9H2,1-4H3. The Labute approximate surface area is 109 Å². The van der Waals surface area contributed by atoms with E-state index in [-0.39, 0.29) is 6.10 Å². The zero-order valence-electron chi connectivity index (χ0n) is 11.2. The fourth-order valence-corrected chi connectivity index (χ4v) is 1.40. The molecular formula is C13H23ClO3. The van der Waals surface area contributed by atoms with E-state index in [2.05, 4.69) is 6.92 Å². The zero-order chi connectivity index (χ0) is 13.5. The second-order valence-corrected chi connectivity index (χ2v) is 5.31. The summed E-state index contributed by atoms with van der Waals surface area (Å²) < 4.78 is 5.21. The summed E-state index contributed by atoms with van der Waals surface area (Å²) in [6, 6.07) is 0. The molecule has 1 unspecified atom stereocenters. The van der Waals surface area contributed by atoms with E-state index in [9.17, 15) is 9.59 Å². The number of hydrogen-bond donors (Lipinski definition) is 0. The fourth-order valence-electron chi connectivity index (χ4n) is 1.33. The van der Waals surface area contributed by atoms with Crippen LogP contribution < -0.4 is 0 Å². The molecule has 0 fully saturated rings. The Balaban J connectivity index is 3.99. The van der Waals surface area contributed by atoms with Crippen molar-refractivity contribution in [3.05, 3.63) is 0 Å². The predicted octanol–water partition coefficient (Wildman–Crippen LogP) is 3.68. The number of unbranched alkanes of at least 4 members (excludes halogenated alkanes) is 3. The van der Waals surface area contributed by atoms with E-state index < -0.39 is 16.6 Å². The zero-order valence-corrected chi connectivity index (χ0v) is 12.0. The van der Waals surface area contributed by atoms with Crippen molar-refractivity contribution in [2.45, 2.75) is 65.9 Å². The molecule has 100 valence electrons. The quantitative estimate of drug-likeness (QED) is 0.290. The van der Waals surface area contributed by atoms with Crippen LogP contribution in [0.4, 0.5) is 0 Å². The molecule has 0 aromatic carbocycles. The Kier molecular flexibility index (Phi) is 7.44. The molecule has 0 radical (unpaired) electrons. The minimum absolute atomic E-state index is 0.158. The average Bonchev–Trinajstić information content (AvgIpc) is 2.24. The van der Waals surface area contributed by atoms with Crippen molar-refractivity contribution in [1.82, 2.24) is 0 Å². The van der Waals surface area contributed by atoms with Crippen molar-refractivity contribution in [1.29, 1.82) is 0 Å². The minimum Gasteiger partial charge on any atom is -0.462 e. The molecule has 17 heavy (non-hydrogen) atoms. The Morgan fingerprint density at radius 2 is 1.82 bits per heavy atom. The molecule has 0 aliphatic heterocycles. The Morgan fingerprint density at radius 1 is 1.24 bits per heavy atom. The molecule has 0 aliphatic rings. The molecule has 0 aromatic rings. The van der Waals surface area contributed by atoms with E-state index in [1.807, 2.05) is 6.92 Å². The van der Waals surface area contributed by atoms with Crippen molar-refractivity contribution in [2.75, 3.05) is 0 Å². The number of carbonyl (C=O) groups is 2. The van der Waals surface area contributed by atoms with Gasteiger partial charge in [0.05, 0.1) is 6.10 Å². The van der Waals surface area contributed by atoms with Crippen LogP contribution in [0.25, 0.3) is 0 Å². The Hall–Kier alpha value is -0.570. The van der Waals surface area contributed by atoms with Crippen molar-refractivity contribution >= 4 is 22.8 Å². The normalized spacial score (nSPS) is 13.2. The second kappa shape index (κ2) is 7.70. The Bertz CT molecular complexity index is 261. The summed E-state index contributed by atoms with van der Waals surface area (Å²) in [6.45, 7) is 6.96. The van der Waals surface area contributed by atoms with E-state index in [0.29, 0.717) is 0 Å². The summed E-state index contributed by atoms with van der Waals surface area (Å²) in [7, 11) is 0. The van der Waals surface area contributed by atoms with Gasteiger partial charge in [0.1, 0.15) is 5.41 Å². The molecule has 0 heterocycles. The smallest absolute Gasteiger partial charge is 0.320 e. The highest BCUT2D eigenvalue weighted by Gasteiger charge is 2.37. The molecule has 0 saturated carbocycles. The van der Waals surface area contributed by atoms with Gasteiger partial charge < -0.3 is 4.74 Å². The lowest BCUT2D eigenvalue weighted by atomic mass is 9.96. The molecule has 0 bridgehead atoms. The third-order valence-electron chi connectivity index (χ3n) is 2.77. The highest BCUT2D eigenvalue weighted by molar-refractivity contribution is 6.66. The SMILES string of the molecule is CCCCCCC(C)OC(=O)C(C)(C)C(=O)Cl. The lowest BCUT2D eigenvalue weighted by Crippen LogP contribution is -2.34. The molecule has 0 amide bonds. The first-order chi connectivity index (χ1) is 7.82. The monoisotopic (exact) mass is 262 g/mol. The summed E-state index contributed by atoms with van der Waals surface area (Å²) >= 11 is 5.35. The number of rotatable bonds is 8. The van der Waals surface area contributed by atoms with Gasteiger partial charge in [0.15, 0.2) is 0 Å². The van der Waals surface area contributed by atoms with Crippen molar-refractivity contribution in [2.24, 2.45) is 5.41 Å². The number of esters is 1. The van der Waals surface area contributed by atoms with Crippen LogP contribution in [-0.2, 0) is 14.3 Å². The molecule has 3 nitrogen and oxygen atoms in total. The maximum absolute atomic E-state index is 11.7. The highest BCUT2D eigenvalue weighted by atomic mass is 35.5. The molecule has 0 aliphatic carbocycles. The number of halogens is 1. The second-order valence-electron chi connectivity index (χ2n) is 4.96. The highest BCUT2D eigenvalue weighted by Crippen LogP contribution is 2.22. The third kappa shape index (κ3) is 6.06. The van der Waals surface area contributed by atoms with Crippen LogP contribution in [0.15, 0.2) is 0 Å². The van der Waals surface area contributed by atoms with Crippen LogP contribution in [0.2, 0.25) is 0 Å². The van der Waals surface area contributed by atoms with Crippen LogP contribution in [0.1, 0.15) is 59.8 Å². The van der Waals surface area contributed by atoms with Crippen molar-refractivity contribution in [3.63, 3.8) is 0 Å². The van der Waals surface area contributed by atoms with E-state index in [4.69, 9.17) is 16.3 Å². The molecule has 0 N–H and O–H groups in total. The minimum atomic E-state index is -1.25. The van der Waals surface area contributed by atoms with Crippen molar-refractivity contribution < 1.29 is 14.3 Å². The van der Waals surface area contributed by atoms with E-state index in [1.54, 1.807) is 0 Å². The number of hydrogen-bond acceptors (Lipinski definition) is 3. The maximum atomic E-state index is 11.7. The molecule has 0 spiro atoms. The Morgan fingerprint density at radius 3 is 2.29 bits per heavy atom. The summed E-state index contributed by atoms with van der Waals surface area (Å²) in [5.74, 6) is -0.541. The first kappa shape index (κ1) is 16.4. The van der Waals surface area contributed by atoms with Gasteiger partial charge in [-0.1, -0.05) is 26.2 Å². The van der Waals surface area contributed by atoms with Crippen LogP contribution in [0.3, 0.4) is 0 Å². The summed E-state index contributed by atoms with van der Waals surface area (Å²) in [5.41, 5.74) is -1.25. The largest absolute Gasteiger partial charge is 0.462 e. The van der Waals surface area contributed by atoms with Crippen LogP contribution in [0.5, 0.6) is 0 Å². The molecule has 0 aromatic heterocycles. The van der Waals surface area contributed by atoms with Gasteiger partial charge in [-0.3, -0.25) is 9.59 Å². The van der Waals surface area contributed by atoms with Crippen LogP contribution >= 0.6 is 11.6 Å². The first-order valence-electron chi connectivity index (χ1n) is 6.23. The third-order valence-corrected chi connectivity index (χ3v) is 3.25. The van der Waals surface area contributed by atoms with Gasteiger partial charge >= 0.3 is 5.97 Å². The van der Waals surface area contributed by atoms with Gasteiger partial charge in [-0.15, -0.1) is 0 Å². The van der Waals surface area contributed by atoms with Gasteiger partial charge in [-0.25, -0.2) is 0 Å². The van der Waals surface area contributed by atoms with E-state index >= 15 is 0 Å². The lowest BCUT2D eigenvalue weighted by molar-refractivity contribution is -0.160. The topological polar surface area (TPSA) is 43.4 Å². The number of ether oxygens (including phenoxy) is 1. The van der Waals surface area contributed by atoms with E-state index in [0.717, 1.165) is 19.3 Å². The molecule has 1 atom stereocenters. The summed E-state index contributed by atoms with van der Waals surface area (Å²) in [6.07, 6.45) is 5.25. The van der Waals surface area contributed by atoms with Gasteiger partial charge in [0, 0.05) is 0 Å². The van der Waals surface area contributed by atoms with Gasteiger partial charge in [0.2, 0.25) is 5.24 Å². The van der Waals surface area contributed by atoms with E-state index in [1.165, 1.54) is 26.7 Å². The van der Waals surface area contributed by atoms with Crippen molar-refractivity contribution in [3.8, 4) is 0 Å². The average molecular weight is 263 g/mol. The van der Waals surface area contributed by atoms with Gasteiger partial charge in [0.25, 0.3) is 0 Å². The summed E-state index contributed by atoms with van der Waals surface area (Å²) in [5, 5.41) is -0.680. The summed E-state index contributed by atoms with van der Waals surface area (Å²) in [4.78, 5) is 22.7. The first-order valence-corrected chi connectivity index (χ1v) is 6.61.